The Kier molecular flexibility index (Phi) is 7.21. The van der Waals surface area contributed by atoms with E-state index < -0.39 is 6.03 Å². The molecule has 0 saturated carbocycles. The molecule has 3 rings (SSSR count). The molecule has 0 bridgehead atoms. The van der Waals surface area contributed by atoms with E-state index in [9.17, 15) is 19.2 Å². The molecule has 1 aromatic carbocycles. The molecule has 8 heteroatoms. The van der Waals surface area contributed by atoms with Crippen LogP contribution in [0.4, 0.5) is 4.79 Å². The summed E-state index contributed by atoms with van der Waals surface area (Å²) in [5.74, 6) is -0.399. The Balaban J connectivity index is 1.48. The lowest BCUT2D eigenvalue weighted by atomic mass is 9.98. The van der Waals surface area contributed by atoms with Crippen LogP contribution in [0.5, 0.6) is 0 Å². The van der Waals surface area contributed by atoms with E-state index in [1.807, 2.05) is 23.1 Å². The van der Waals surface area contributed by atoms with Gasteiger partial charge in [0.15, 0.2) is 0 Å². The van der Waals surface area contributed by atoms with E-state index in [1.165, 1.54) is 0 Å². The normalized spacial score (nSPS) is 19.7. The van der Waals surface area contributed by atoms with E-state index in [2.05, 4.69) is 10.6 Å². The molecule has 2 aliphatic rings. The van der Waals surface area contributed by atoms with Crippen LogP contribution in [0.15, 0.2) is 30.3 Å². The standard InChI is InChI=1S/C21H28N4O4/c26-18-10-13-23-21(29)25(18)15-11-19(27)24-14-5-4-8-17(24)9-12-22-20(28)16-6-2-1-3-7-16/h1-3,6-7,17H,4-5,8-15H2,(H,22,28)(H,23,29). The molecule has 1 aromatic rings. The first-order chi connectivity index (χ1) is 14.1. The summed E-state index contributed by atoms with van der Waals surface area (Å²) in [7, 11) is 0. The van der Waals surface area contributed by atoms with Crippen LogP contribution in [0.25, 0.3) is 0 Å². The second-order valence-electron chi connectivity index (χ2n) is 7.42. The van der Waals surface area contributed by atoms with Gasteiger partial charge in [0, 0.05) is 50.6 Å². The number of hydrogen-bond acceptors (Lipinski definition) is 4. The molecule has 2 N–H and O–H groups in total. The first-order valence-corrected chi connectivity index (χ1v) is 10.3. The lowest BCUT2D eigenvalue weighted by Crippen LogP contribution is -2.51. The van der Waals surface area contributed by atoms with Gasteiger partial charge in [-0.05, 0) is 37.8 Å². The van der Waals surface area contributed by atoms with E-state index >= 15 is 0 Å². The predicted molar refractivity (Wildman–Crippen MR) is 107 cm³/mol. The Morgan fingerprint density at radius 3 is 2.69 bits per heavy atom. The summed E-state index contributed by atoms with van der Waals surface area (Å²) in [6.07, 6.45) is 3.98. The highest BCUT2D eigenvalue weighted by Gasteiger charge is 2.29. The molecule has 0 aromatic heterocycles. The van der Waals surface area contributed by atoms with Crippen molar-refractivity contribution in [1.29, 1.82) is 0 Å². The Labute approximate surface area is 170 Å². The van der Waals surface area contributed by atoms with Gasteiger partial charge in [0.1, 0.15) is 0 Å². The Hall–Kier alpha value is -2.90. The van der Waals surface area contributed by atoms with E-state index in [4.69, 9.17) is 0 Å². The lowest BCUT2D eigenvalue weighted by Gasteiger charge is -2.36. The van der Waals surface area contributed by atoms with Crippen molar-refractivity contribution in [1.82, 2.24) is 20.4 Å². The van der Waals surface area contributed by atoms with Crippen molar-refractivity contribution < 1.29 is 19.2 Å². The maximum absolute atomic E-state index is 12.8. The van der Waals surface area contributed by atoms with Crippen molar-refractivity contribution in [3.8, 4) is 0 Å². The number of imide groups is 1. The van der Waals surface area contributed by atoms with Crippen molar-refractivity contribution >= 4 is 23.8 Å². The van der Waals surface area contributed by atoms with Gasteiger partial charge in [-0.2, -0.15) is 0 Å². The number of amides is 5. The fourth-order valence-electron chi connectivity index (χ4n) is 3.87. The van der Waals surface area contributed by atoms with Crippen LogP contribution in [-0.4, -0.2) is 65.8 Å². The summed E-state index contributed by atoms with van der Waals surface area (Å²) in [6.45, 7) is 1.63. The van der Waals surface area contributed by atoms with E-state index in [-0.39, 0.29) is 43.1 Å². The van der Waals surface area contributed by atoms with Gasteiger partial charge in [0.25, 0.3) is 5.91 Å². The molecular formula is C21H28N4O4. The van der Waals surface area contributed by atoms with Gasteiger partial charge in [0.2, 0.25) is 11.8 Å². The van der Waals surface area contributed by atoms with Crippen molar-refractivity contribution in [3.63, 3.8) is 0 Å². The lowest BCUT2D eigenvalue weighted by molar-refractivity contribution is -0.136. The molecule has 29 heavy (non-hydrogen) atoms. The number of urea groups is 1. The van der Waals surface area contributed by atoms with Gasteiger partial charge in [-0.1, -0.05) is 18.2 Å². The molecule has 0 radical (unpaired) electrons. The van der Waals surface area contributed by atoms with Crippen LogP contribution in [0, 0.1) is 0 Å². The molecule has 2 fully saturated rings. The third-order valence-electron chi connectivity index (χ3n) is 5.46. The van der Waals surface area contributed by atoms with Crippen LogP contribution in [0.2, 0.25) is 0 Å². The highest BCUT2D eigenvalue weighted by molar-refractivity contribution is 5.97. The average Bonchev–Trinajstić information content (AvgIpc) is 2.74. The maximum atomic E-state index is 12.8. The van der Waals surface area contributed by atoms with Gasteiger partial charge in [-0.25, -0.2) is 4.79 Å². The molecule has 2 heterocycles. The summed E-state index contributed by atoms with van der Waals surface area (Å²) >= 11 is 0. The zero-order valence-corrected chi connectivity index (χ0v) is 16.6. The van der Waals surface area contributed by atoms with E-state index in [0.29, 0.717) is 31.6 Å². The number of nitrogens with zero attached hydrogens (tertiary/aromatic N) is 2. The largest absolute Gasteiger partial charge is 0.352 e. The molecule has 2 saturated heterocycles. The second kappa shape index (κ2) is 10.0. The highest BCUT2D eigenvalue weighted by atomic mass is 16.2. The SMILES string of the molecule is O=C(NCCC1CCCCN1C(=O)CCN1C(=O)CCNC1=O)c1ccccc1. The van der Waals surface area contributed by atoms with Gasteiger partial charge in [0.05, 0.1) is 0 Å². The zero-order valence-electron chi connectivity index (χ0n) is 16.6. The average molecular weight is 400 g/mol. The fourth-order valence-corrected chi connectivity index (χ4v) is 3.87. The highest BCUT2D eigenvalue weighted by Crippen LogP contribution is 2.20. The first-order valence-electron chi connectivity index (χ1n) is 10.3. The van der Waals surface area contributed by atoms with Crippen LogP contribution < -0.4 is 10.6 Å². The number of hydrogen-bond donors (Lipinski definition) is 2. The molecule has 8 nitrogen and oxygen atoms in total. The molecular weight excluding hydrogens is 372 g/mol. The molecule has 156 valence electrons. The first kappa shape index (κ1) is 20.8. The summed E-state index contributed by atoms with van der Waals surface area (Å²) in [5, 5.41) is 5.55. The number of likely N-dealkylation sites (tertiary alicyclic amines) is 1. The zero-order chi connectivity index (χ0) is 20.6. The minimum Gasteiger partial charge on any atom is -0.352 e. The maximum Gasteiger partial charge on any atom is 0.324 e. The second-order valence-corrected chi connectivity index (χ2v) is 7.42. The molecule has 5 amide bonds. The molecule has 1 atom stereocenters. The van der Waals surface area contributed by atoms with E-state index in [1.54, 1.807) is 12.1 Å². The monoisotopic (exact) mass is 400 g/mol. The van der Waals surface area contributed by atoms with Crippen molar-refractivity contribution in [2.75, 3.05) is 26.2 Å². The molecule has 1 unspecified atom stereocenters. The molecule has 0 spiro atoms. The number of rotatable bonds is 7. The molecule has 0 aliphatic carbocycles. The Morgan fingerprint density at radius 2 is 1.93 bits per heavy atom. The van der Waals surface area contributed by atoms with Crippen molar-refractivity contribution in [2.45, 2.75) is 44.6 Å². The van der Waals surface area contributed by atoms with Crippen LogP contribution in [-0.2, 0) is 9.59 Å². The topological polar surface area (TPSA) is 98.8 Å². The number of benzene rings is 1. The summed E-state index contributed by atoms with van der Waals surface area (Å²) in [6, 6.07) is 8.69. The predicted octanol–water partition coefficient (Wildman–Crippen LogP) is 1.52. The van der Waals surface area contributed by atoms with Crippen molar-refractivity contribution in [3.05, 3.63) is 35.9 Å². The van der Waals surface area contributed by atoms with E-state index in [0.717, 1.165) is 24.2 Å². The Morgan fingerprint density at radius 1 is 1.14 bits per heavy atom. The van der Waals surface area contributed by atoms with Crippen LogP contribution in [0.1, 0.15) is 48.9 Å². The third kappa shape index (κ3) is 5.56. The van der Waals surface area contributed by atoms with Crippen LogP contribution in [0.3, 0.4) is 0 Å². The van der Waals surface area contributed by atoms with Crippen LogP contribution >= 0.6 is 0 Å². The quantitative estimate of drug-likeness (QED) is 0.725. The smallest absolute Gasteiger partial charge is 0.324 e. The number of piperidine rings is 1. The van der Waals surface area contributed by atoms with Gasteiger partial charge >= 0.3 is 6.03 Å². The minimum absolute atomic E-state index is 0.0461. The minimum atomic E-state index is -0.423. The fraction of sp³-hybridized carbons (Fsp3) is 0.524. The summed E-state index contributed by atoms with van der Waals surface area (Å²) in [5.41, 5.74) is 0.619. The summed E-state index contributed by atoms with van der Waals surface area (Å²) in [4.78, 5) is 51.6. The summed E-state index contributed by atoms with van der Waals surface area (Å²) < 4.78 is 0. The number of carbonyl (C=O) groups excluding carboxylic acids is 4. The number of carbonyl (C=O) groups is 4. The van der Waals surface area contributed by atoms with Crippen molar-refractivity contribution in [2.24, 2.45) is 0 Å². The Bertz CT molecular complexity index is 736. The molecule has 2 aliphatic heterocycles. The van der Waals surface area contributed by atoms with Gasteiger partial charge in [-0.3, -0.25) is 19.3 Å². The van der Waals surface area contributed by atoms with Gasteiger partial charge < -0.3 is 15.5 Å². The van der Waals surface area contributed by atoms with Gasteiger partial charge in [-0.15, -0.1) is 0 Å². The number of nitrogens with one attached hydrogen (secondary N) is 2. The third-order valence-corrected chi connectivity index (χ3v) is 5.46.